The van der Waals surface area contributed by atoms with Gasteiger partial charge in [-0.1, -0.05) is 36.4 Å². The number of rotatable bonds is 3. The number of hydrogen-bond donors (Lipinski definition) is 0. The van der Waals surface area contributed by atoms with E-state index in [1.54, 1.807) is 0 Å². The fourth-order valence-corrected chi connectivity index (χ4v) is 5.25. The molecule has 5 heteroatoms. The van der Waals surface area contributed by atoms with Crippen LogP contribution in [0, 0.1) is 5.92 Å². The zero-order valence-corrected chi connectivity index (χ0v) is 19.4. The molecule has 0 unspecified atom stereocenters. The van der Waals surface area contributed by atoms with Gasteiger partial charge in [0.2, 0.25) is 0 Å². The van der Waals surface area contributed by atoms with Gasteiger partial charge in [0, 0.05) is 19.0 Å². The summed E-state index contributed by atoms with van der Waals surface area (Å²) in [6.45, 7) is 10.1. The molecule has 170 valence electrons. The third-order valence-electron chi connectivity index (χ3n) is 6.87. The van der Waals surface area contributed by atoms with Crippen molar-refractivity contribution in [3.8, 4) is 0 Å². The zero-order valence-electron chi connectivity index (χ0n) is 19.4. The van der Waals surface area contributed by atoms with E-state index >= 15 is 0 Å². The molecule has 0 spiro atoms. The molecule has 0 bridgehead atoms. The van der Waals surface area contributed by atoms with Crippen LogP contribution in [0.3, 0.4) is 0 Å². The van der Waals surface area contributed by atoms with E-state index in [0.29, 0.717) is 38.3 Å². The number of ether oxygens (including phenoxy) is 3. The Morgan fingerprint density at radius 1 is 0.875 bits per heavy atom. The van der Waals surface area contributed by atoms with E-state index in [1.807, 2.05) is 25.7 Å². The Balaban J connectivity index is 1.40. The minimum Gasteiger partial charge on any atom is -0.444 e. The van der Waals surface area contributed by atoms with Crippen LogP contribution in [0.5, 0.6) is 0 Å². The lowest BCUT2D eigenvalue weighted by Crippen LogP contribution is -2.42. The number of amides is 1. The molecule has 1 saturated heterocycles. The number of carbonyl (C=O) groups is 1. The Kier molecular flexibility index (Phi) is 5.72. The molecule has 0 saturated carbocycles. The smallest absolute Gasteiger partial charge is 0.410 e. The SMILES string of the molecule is CC(C)(C)OC(=O)N1CCC(C(c2ccc3c(c2)COC3)c2ccc3c(c2)COC3)CC1. The second kappa shape index (κ2) is 8.53. The number of nitrogens with zero attached hydrogens (tertiary/aromatic N) is 1. The van der Waals surface area contributed by atoms with E-state index < -0.39 is 5.60 Å². The second-order valence-corrected chi connectivity index (χ2v) is 10.3. The Labute approximate surface area is 190 Å². The summed E-state index contributed by atoms with van der Waals surface area (Å²) in [7, 11) is 0. The molecule has 5 nitrogen and oxygen atoms in total. The number of hydrogen-bond acceptors (Lipinski definition) is 4. The van der Waals surface area contributed by atoms with Crippen LogP contribution in [0.4, 0.5) is 4.79 Å². The van der Waals surface area contributed by atoms with E-state index in [2.05, 4.69) is 36.4 Å². The molecule has 3 aliphatic rings. The normalized spacial score (nSPS) is 18.7. The third kappa shape index (κ3) is 4.41. The fourth-order valence-electron chi connectivity index (χ4n) is 5.25. The van der Waals surface area contributed by atoms with Gasteiger partial charge in [-0.15, -0.1) is 0 Å². The summed E-state index contributed by atoms with van der Waals surface area (Å²) in [6.07, 6.45) is 1.73. The topological polar surface area (TPSA) is 48.0 Å². The van der Waals surface area contributed by atoms with Gasteiger partial charge < -0.3 is 19.1 Å². The first kappa shape index (κ1) is 21.5. The molecule has 0 radical (unpaired) electrons. The number of carbonyl (C=O) groups excluding carboxylic acids is 1. The molecule has 0 aliphatic carbocycles. The number of benzene rings is 2. The van der Waals surface area contributed by atoms with Crippen molar-refractivity contribution in [3.05, 3.63) is 69.8 Å². The molecular formula is C27H33NO4. The highest BCUT2D eigenvalue weighted by Crippen LogP contribution is 2.40. The minimum absolute atomic E-state index is 0.197. The van der Waals surface area contributed by atoms with Crippen LogP contribution in [-0.2, 0) is 40.6 Å². The summed E-state index contributed by atoms with van der Waals surface area (Å²) in [6, 6.07) is 13.7. The molecule has 3 heterocycles. The van der Waals surface area contributed by atoms with E-state index in [4.69, 9.17) is 14.2 Å². The Morgan fingerprint density at radius 2 is 1.38 bits per heavy atom. The van der Waals surface area contributed by atoms with Gasteiger partial charge in [-0.3, -0.25) is 0 Å². The summed E-state index contributed by atoms with van der Waals surface area (Å²) in [5, 5.41) is 0. The second-order valence-electron chi connectivity index (χ2n) is 10.3. The fraction of sp³-hybridized carbons (Fsp3) is 0.519. The van der Waals surface area contributed by atoms with E-state index in [1.165, 1.54) is 33.4 Å². The standard InChI is InChI=1S/C27H33NO4/c1-27(2,3)32-26(29)28-10-8-18(9-11-28)25(19-4-6-21-14-30-16-23(21)12-19)20-5-7-22-15-31-17-24(22)13-20/h4-7,12-13,18,25H,8-11,14-17H2,1-3H3. The van der Waals surface area contributed by atoms with Crippen molar-refractivity contribution < 1.29 is 19.0 Å². The highest BCUT2D eigenvalue weighted by Gasteiger charge is 2.33. The maximum absolute atomic E-state index is 12.6. The van der Waals surface area contributed by atoms with Crippen molar-refractivity contribution in [2.45, 2.75) is 71.6 Å². The monoisotopic (exact) mass is 435 g/mol. The summed E-state index contributed by atoms with van der Waals surface area (Å²) >= 11 is 0. The highest BCUT2D eigenvalue weighted by molar-refractivity contribution is 5.68. The van der Waals surface area contributed by atoms with Gasteiger partial charge >= 0.3 is 6.09 Å². The summed E-state index contributed by atoms with van der Waals surface area (Å²) in [5.74, 6) is 0.766. The summed E-state index contributed by atoms with van der Waals surface area (Å²) in [4.78, 5) is 14.4. The van der Waals surface area contributed by atoms with E-state index in [-0.39, 0.29) is 6.09 Å². The number of fused-ring (bicyclic) bond motifs is 2. The van der Waals surface area contributed by atoms with Crippen molar-refractivity contribution in [2.75, 3.05) is 13.1 Å². The first-order chi connectivity index (χ1) is 15.4. The zero-order chi connectivity index (χ0) is 22.3. The van der Waals surface area contributed by atoms with Crippen LogP contribution >= 0.6 is 0 Å². The van der Waals surface area contributed by atoms with Gasteiger partial charge in [0.1, 0.15) is 5.60 Å². The molecule has 0 atom stereocenters. The molecule has 32 heavy (non-hydrogen) atoms. The lowest BCUT2D eigenvalue weighted by atomic mass is 9.75. The highest BCUT2D eigenvalue weighted by atomic mass is 16.6. The Hall–Kier alpha value is -2.37. The molecule has 1 amide bonds. The Morgan fingerprint density at radius 3 is 1.88 bits per heavy atom. The minimum atomic E-state index is -0.463. The summed E-state index contributed by atoms with van der Waals surface area (Å²) in [5.41, 5.74) is 7.46. The first-order valence-corrected chi connectivity index (χ1v) is 11.7. The lowest BCUT2D eigenvalue weighted by Gasteiger charge is -2.37. The molecule has 2 aromatic rings. The molecule has 3 aliphatic heterocycles. The molecule has 1 fully saturated rings. The molecule has 2 aromatic carbocycles. The van der Waals surface area contributed by atoms with Crippen LogP contribution in [0.1, 0.15) is 72.9 Å². The maximum Gasteiger partial charge on any atom is 0.410 e. The average molecular weight is 436 g/mol. The third-order valence-corrected chi connectivity index (χ3v) is 6.87. The van der Waals surface area contributed by atoms with Gasteiger partial charge in [0.05, 0.1) is 26.4 Å². The summed E-state index contributed by atoms with van der Waals surface area (Å²) < 4.78 is 16.9. The largest absolute Gasteiger partial charge is 0.444 e. The average Bonchev–Trinajstić information content (AvgIpc) is 3.41. The Bertz CT molecular complexity index is 944. The molecule has 5 rings (SSSR count). The first-order valence-electron chi connectivity index (χ1n) is 11.7. The quantitative estimate of drug-likeness (QED) is 0.636. The molecule has 0 aromatic heterocycles. The van der Waals surface area contributed by atoms with Crippen LogP contribution in [0.15, 0.2) is 36.4 Å². The van der Waals surface area contributed by atoms with Crippen molar-refractivity contribution >= 4 is 6.09 Å². The van der Waals surface area contributed by atoms with Gasteiger partial charge in [0.25, 0.3) is 0 Å². The lowest BCUT2D eigenvalue weighted by molar-refractivity contribution is 0.0178. The van der Waals surface area contributed by atoms with Crippen LogP contribution in [0.2, 0.25) is 0 Å². The van der Waals surface area contributed by atoms with Crippen molar-refractivity contribution in [1.29, 1.82) is 0 Å². The van der Waals surface area contributed by atoms with E-state index in [0.717, 1.165) is 25.9 Å². The molecular weight excluding hydrogens is 402 g/mol. The maximum atomic E-state index is 12.6. The van der Waals surface area contributed by atoms with Crippen LogP contribution in [-0.4, -0.2) is 29.7 Å². The van der Waals surface area contributed by atoms with Crippen molar-refractivity contribution in [1.82, 2.24) is 4.90 Å². The van der Waals surface area contributed by atoms with Gasteiger partial charge in [-0.25, -0.2) is 4.79 Å². The van der Waals surface area contributed by atoms with Crippen molar-refractivity contribution in [3.63, 3.8) is 0 Å². The predicted octanol–water partition coefficient (Wildman–Crippen LogP) is 5.53. The van der Waals surface area contributed by atoms with Crippen LogP contribution in [0.25, 0.3) is 0 Å². The van der Waals surface area contributed by atoms with Gasteiger partial charge in [0.15, 0.2) is 0 Å². The van der Waals surface area contributed by atoms with Gasteiger partial charge in [-0.2, -0.15) is 0 Å². The van der Waals surface area contributed by atoms with Gasteiger partial charge in [-0.05, 0) is 72.9 Å². The van der Waals surface area contributed by atoms with Crippen LogP contribution < -0.4 is 0 Å². The predicted molar refractivity (Wildman–Crippen MR) is 122 cm³/mol. The van der Waals surface area contributed by atoms with Crippen molar-refractivity contribution in [2.24, 2.45) is 5.92 Å². The van der Waals surface area contributed by atoms with E-state index in [9.17, 15) is 4.79 Å². The number of likely N-dealkylation sites (tertiary alicyclic amines) is 1. The molecule has 0 N–H and O–H groups in total. The number of piperidine rings is 1.